The average Bonchev–Trinajstić information content (AvgIpc) is 2.25. The maximum atomic E-state index is 8.41. The summed E-state index contributed by atoms with van der Waals surface area (Å²) in [5, 5.41) is 8.41. The zero-order valence-electron chi connectivity index (χ0n) is 8.48. The first-order valence-corrected chi connectivity index (χ1v) is 4.77. The van der Waals surface area contributed by atoms with Crippen LogP contribution in [-0.2, 0) is 6.42 Å². The Morgan fingerprint density at radius 3 is 3.00 bits per heavy atom. The van der Waals surface area contributed by atoms with Crippen LogP contribution >= 0.6 is 0 Å². The first-order valence-electron chi connectivity index (χ1n) is 4.77. The highest BCUT2D eigenvalue weighted by molar-refractivity contribution is 5.08. The van der Waals surface area contributed by atoms with Gasteiger partial charge in [-0.1, -0.05) is 6.07 Å². The number of aromatic nitrogens is 1. The van der Waals surface area contributed by atoms with E-state index >= 15 is 0 Å². The molecule has 0 spiro atoms. The molecule has 14 heavy (non-hydrogen) atoms. The first-order chi connectivity index (χ1) is 6.83. The van der Waals surface area contributed by atoms with Gasteiger partial charge in [0.1, 0.15) is 0 Å². The van der Waals surface area contributed by atoms with Crippen molar-refractivity contribution in [1.82, 2.24) is 9.88 Å². The van der Waals surface area contributed by atoms with E-state index in [0.29, 0.717) is 6.42 Å². The first kappa shape index (κ1) is 10.7. The summed E-state index contributed by atoms with van der Waals surface area (Å²) in [6.07, 6.45) is 5.26. The van der Waals surface area contributed by atoms with Crippen molar-refractivity contribution < 1.29 is 0 Å². The molecule has 0 aromatic carbocycles. The number of nitrogens with zero attached hydrogens (tertiary/aromatic N) is 3. The minimum atomic E-state index is 0.601. The SMILES string of the molecule is CN(CCC#N)CCc1cccnc1. The van der Waals surface area contributed by atoms with Crippen molar-refractivity contribution in [3.8, 4) is 6.07 Å². The van der Waals surface area contributed by atoms with Crippen LogP contribution in [0.4, 0.5) is 0 Å². The highest BCUT2D eigenvalue weighted by Gasteiger charge is 1.98. The van der Waals surface area contributed by atoms with Crippen LogP contribution < -0.4 is 0 Å². The molecular formula is C11H15N3. The lowest BCUT2D eigenvalue weighted by molar-refractivity contribution is 0.346. The summed E-state index contributed by atoms with van der Waals surface area (Å²) in [6.45, 7) is 1.82. The number of hydrogen-bond acceptors (Lipinski definition) is 3. The maximum absolute atomic E-state index is 8.41. The highest BCUT2D eigenvalue weighted by Crippen LogP contribution is 1.98. The Bertz CT molecular complexity index is 289. The molecule has 1 rings (SSSR count). The van der Waals surface area contributed by atoms with E-state index < -0.39 is 0 Å². The summed E-state index contributed by atoms with van der Waals surface area (Å²) in [6, 6.07) is 6.17. The topological polar surface area (TPSA) is 39.9 Å². The van der Waals surface area contributed by atoms with Gasteiger partial charge < -0.3 is 4.90 Å². The number of hydrogen-bond donors (Lipinski definition) is 0. The van der Waals surface area contributed by atoms with Gasteiger partial charge in [0, 0.05) is 31.9 Å². The predicted octanol–water partition coefficient (Wildman–Crippen LogP) is 1.47. The second kappa shape index (κ2) is 6.11. The third-order valence-corrected chi connectivity index (χ3v) is 2.11. The minimum Gasteiger partial charge on any atom is -0.305 e. The second-order valence-electron chi connectivity index (χ2n) is 3.32. The van der Waals surface area contributed by atoms with Crippen molar-refractivity contribution in [2.45, 2.75) is 12.8 Å². The lowest BCUT2D eigenvalue weighted by Crippen LogP contribution is -2.22. The number of pyridine rings is 1. The third-order valence-electron chi connectivity index (χ3n) is 2.11. The maximum Gasteiger partial charge on any atom is 0.0635 e. The molecule has 1 heterocycles. The summed E-state index contributed by atoms with van der Waals surface area (Å²) in [4.78, 5) is 6.22. The summed E-state index contributed by atoms with van der Waals surface area (Å²) >= 11 is 0. The lowest BCUT2D eigenvalue weighted by atomic mass is 10.2. The molecule has 74 valence electrons. The van der Waals surface area contributed by atoms with Gasteiger partial charge in [-0.15, -0.1) is 0 Å². The second-order valence-corrected chi connectivity index (χ2v) is 3.32. The smallest absolute Gasteiger partial charge is 0.0635 e. The number of nitriles is 1. The molecule has 0 bridgehead atoms. The Morgan fingerprint density at radius 2 is 2.36 bits per heavy atom. The standard InChI is InChI=1S/C11H15N3/c1-14(8-3-6-12)9-5-11-4-2-7-13-10-11/h2,4,7,10H,3,5,8-9H2,1H3. The normalized spacial score (nSPS) is 10.1. The van der Waals surface area contributed by atoms with Gasteiger partial charge in [0.05, 0.1) is 6.07 Å². The van der Waals surface area contributed by atoms with Crippen LogP contribution in [-0.4, -0.2) is 30.0 Å². The van der Waals surface area contributed by atoms with E-state index in [1.807, 2.05) is 19.3 Å². The lowest BCUT2D eigenvalue weighted by Gasteiger charge is -2.13. The van der Waals surface area contributed by atoms with E-state index in [-0.39, 0.29) is 0 Å². The van der Waals surface area contributed by atoms with Crippen LogP contribution in [0.15, 0.2) is 24.5 Å². The molecule has 0 saturated carbocycles. The van der Waals surface area contributed by atoms with Crippen LogP contribution in [0, 0.1) is 11.3 Å². The van der Waals surface area contributed by atoms with Gasteiger partial charge in [-0.2, -0.15) is 5.26 Å². The molecule has 0 aliphatic carbocycles. The van der Waals surface area contributed by atoms with Gasteiger partial charge in [0.2, 0.25) is 0 Å². The van der Waals surface area contributed by atoms with Crippen LogP contribution in [0.2, 0.25) is 0 Å². The largest absolute Gasteiger partial charge is 0.305 e. The van der Waals surface area contributed by atoms with Gasteiger partial charge in [-0.3, -0.25) is 4.98 Å². The Hall–Kier alpha value is -1.40. The summed E-state index contributed by atoms with van der Waals surface area (Å²) in [5.74, 6) is 0. The number of likely N-dealkylation sites (N-methyl/N-ethyl adjacent to an activating group) is 1. The van der Waals surface area contributed by atoms with Crippen LogP contribution in [0.5, 0.6) is 0 Å². The molecule has 0 fully saturated rings. The molecule has 0 unspecified atom stereocenters. The van der Waals surface area contributed by atoms with E-state index in [2.05, 4.69) is 22.0 Å². The molecule has 3 heteroatoms. The molecule has 1 aromatic heterocycles. The monoisotopic (exact) mass is 189 g/mol. The van der Waals surface area contributed by atoms with Gasteiger partial charge in [-0.05, 0) is 25.1 Å². The van der Waals surface area contributed by atoms with Gasteiger partial charge in [-0.25, -0.2) is 0 Å². The summed E-state index contributed by atoms with van der Waals surface area (Å²) < 4.78 is 0. The van der Waals surface area contributed by atoms with E-state index in [0.717, 1.165) is 19.5 Å². The Kier molecular flexibility index (Phi) is 4.66. The molecule has 0 aliphatic rings. The molecule has 1 aromatic rings. The minimum absolute atomic E-state index is 0.601. The fourth-order valence-corrected chi connectivity index (χ4v) is 1.22. The molecule has 0 aliphatic heterocycles. The van der Waals surface area contributed by atoms with Crippen molar-refractivity contribution in [3.63, 3.8) is 0 Å². The summed E-state index contributed by atoms with van der Waals surface area (Å²) in [5.41, 5.74) is 1.25. The van der Waals surface area contributed by atoms with Crippen molar-refractivity contribution in [2.75, 3.05) is 20.1 Å². The Balaban J connectivity index is 2.24. The fraction of sp³-hybridized carbons (Fsp3) is 0.455. The number of rotatable bonds is 5. The Labute approximate surface area is 85.0 Å². The van der Waals surface area contributed by atoms with E-state index in [1.165, 1.54) is 5.56 Å². The van der Waals surface area contributed by atoms with Crippen molar-refractivity contribution in [2.24, 2.45) is 0 Å². The molecule has 0 radical (unpaired) electrons. The molecular weight excluding hydrogens is 174 g/mol. The quantitative estimate of drug-likeness (QED) is 0.704. The average molecular weight is 189 g/mol. The molecule has 3 nitrogen and oxygen atoms in total. The molecule has 0 amide bonds. The molecule has 0 saturated heterocycles. The van der Waals surface area contributed by atoms with E-state index in [1.54, 1.807) is 6.20 Å². The van der Waals surface area contributed by atoms with Crippen molar-refractivity contribution in [3.05, 3.63) is 30.1 Å². The molecule has 0 N–H and O–H groups in total. The molecule has 0 atom stereocenters. The van der Waals surface area contributed by atoms with Gasteiger partial charge in [0.25, 0.3) is 0 Å². The van der Waals surface area contributed by atoms with E-state index in [4.69, 9.17) is 5.26 Å². The Morgan fingerprint density at radius 1 is 1.50 bits per heavy atom. The zero-order valence-corrected chi connectivity index (χ0v) is 8.48. The van der Waals surface area contributed by atoms with E-state index in [9.17, 15) is 0 Å². The highest BCUT2D eigenvalue weighted by atomic mass is 15.1. The fourth-order valence-electron chi connectivity index (χ4n) is 1.22. The summed E-state index contributed by atoms with van der Waals surface area (Å²) in [7, 11) is 2.04. The predicted molar refractivity (Wildman–Crippen MR) is 55.7 cm³/mol. The van der Waals surface area contributed by atoms with Gasteiger partial charge in [0.15, 0.2) is 0 Å². The van der Waals surface area contributed by atoms with Crippen molar-refractivity contribution in [1.29, 1.82) is 5.26 Å². The zero-order chi connectivity index (χ0) is 10.2. The van der Waals surface area contributed by atoms with Crippen LogP contribution in [0.25, 0.3) is 0 Å². The van der Waals surface area contributed by atoms with Crippen molar-refractivity contribution >= 4 is 0 Å². The van der Waals surface area contributed by atoms with Crippen LogP contribution in [0.1, 0.15) is 12.0 Å². The third kappa shape index (κ3) is 4.01. The van der Waals surface area contributed by atoms with Crippen LogP contribution in [0.3, 0.4) is 0 Å². The van der Waals surface area contributed by atoms with Gasteiger partial charge >= 0.3 is 0 Å².